The largest absolute Gasteiger partial charge is 0.341 e. The zero-order valence-corrected chi connectivity index (χ0v) is 12.8. The highest BCUT2D eigenvalue weighted by atomic mass is 16.2. The lowest BCUT2D eigenvalue weighted by Gasteiger charge is -2.42. The summed E-state index contributed by atoms with van der Waals surface area (Å²) in [4.78, 5) is 14.9. The smallest absolute Gasteiger partial charge is 0.225 e. The fourth-order valence-electron chi connectivity index (χ4n) is 4.67. The summed E-state index contributed by atoms with van der Waals surface area (Å²) in [6.07, 6.45) is 10.2. The van der Waals surface area contributed by atoms with E-state index in [0.29, 0.717) is 17.7 Å². The Kier molecular flexibility index (Phi) is 3.05. The average molecular weight is 288 g/mol. The van der Waals surface area contributed by atoms with E-state index in [-0.39, 0.29) is 5.41 Å². The van der Waals surface area contributed by atoms with Crippen molar-refractivity contribution in [1.29, 1.82) is 0 Å². The normalized spacial score (nSPS) is 28.2. The summed E-state index contributed by atoms with van der Waals surface area (Å²) >= 11 is 0. The van der Waals surface area contributed by atoms with Gasteiger partial charge in [0.1, 0.15) is 12.2 Å². The predicted molar refractivity (Wildman–Crippen MR) is 78.6 cm³/mol. The minimum Gasteiger partial charge on any atom is -0.341 e. The lowest BCUT2D eigenvalue weighted by Crippen LogP contribution is -2.39. The molecule has 1 spiro atoms. The SMILES string of the molecule is Cn1cnnc1C1CN(C(=O)C2CCCC2)CC12CCC2. The molecule has 5 nitrogen and oxygen atoms in total. The standard InChI is InChI=1S/C16H24N4O/c1-19-11-17-18-14(19)13-9-20(10-16(13)7-4-8-16)15(21)12-5-2-3-6-12/h11-13H,2-10H2,1H3. The van der Waals surface area contributed by atoms with E-state index in [1.54, 1.807) is 6.33 Å². The predicted octanol–water partition coefficient (Wildman–Crippen LogP) is 2.10. The third-order valence-electron chi connectivity index (χ3n) is 6.07. The van der Waals surface area contributed by atoms with Crippen molar-refractivity contribution >= 4 is 5.91 Å². The minimum absolute atomic E-state index is 0.287. The van der Waals surface area contributed by atoms with Crippen LogP contribution in [0.3, 0.4) is 0 Å². The molecule has 1 aromatic heterocycles. The Balaban J connectivity index is 1.57. The molecule has 0 bridgehead atoms. The highest BCUT2D eigenvalue weighted by molar-refractivity contribution is 5.79. The van der Waals surface area contributed by atoms with Crippen LogP contribution in [0, 0.1) is 11.3 Å². The highest BCUT2D eigenvalue weighted by Gasteiger charge is 2.53. The molecule has 0 N–H and O–H groups in total. The van der Waals surface area contributed by atoms with Crippen molar-refractivity contribution in [2.45, 2.75) is 50.9 Å². The first kappa shape index (κ1) is 13.3. The number of carbonyl (C=O) groups excluding carboxylic acids is 1. The Hall–Kier alpha value is -1.39. The van der Waals surface area contributed by atoms with E-state index in [1.807, 2.05) is 11.6 Å². The molecule has 21 heavy (non-hydrogen) atoms. The van der Waals surface area contributed by atoms with Gasteiger partial charge in [-0.15, -0.1) is 10.2 Å². The summed E-state index contributed by atoms with van der Waals surface area (Å²) in [7, 11) is 2.02. The molecule has 114 valence electrons. The second kappa shape index (κ2) is 4.82. The van der Waals surface area contributed by atoms with Gasteiger partial charge in [0.2, 0.25) is 5.91 Å². The number of rotatable bonds is 2. The first-order valence-corrected chi connectivity index (χ1v) is 8.32. The van der Waals surface area contributed by atoms with E-state index in [9.17, 15) is 4.79 Å². The topological polar surface area (TPSA) is 51.0 Å². The summed E-state index contributed by atoms with van der Waals surface area (Å²) in [6, 6.07) is 0. The van der Waals surface area contributed by atoms with E-state index >= 15 is 0 Å². The molecule has 1 atom stereocenters. The zero-order valence-electron chi connectivity index (χ0n) is 12.8. The monoisotopic (exact) mass is 288 g/mol. The fraction of sp³-hybridized carbons (Fsp3) is 0.812. The van der Waals surface area contributed by atoms with Crippen molar-refractivity contribution in [1.82, 2.24) is 19.7 Å². The van der Waals surface area contributed by atoms with E-state index in [2.05, 4.69) is 15.1 Å². The Labute approximate surface area is 125 Å². The Morgan fingerprint density at radius 1 is 1.29 bits per heavy atom. The van der Waals surface area contributed by atoms with Gasteiger partial charge in [-0.25, -0.2) is 0 Å². The third-order valence-corrected chi connectivity index (χ3v) is 6.07. The van der Waals surface area contributed by atoms with Crippen molar-refractivity contribution in [2.75, 3.05) is 13.1 Å². The first-order chi connectivity index (χ1) is 10.2. The quantitative estimate of drug-likeness (QED) is 0.837. The molecule has 2 aliphatic carbocycles. The zero-order chi connectivity index (χ0) is 14.4. The minimum atomic E-state index is 0.287. The number of aryl methyl sites for hydroxylation is 1. The summed E-state index contributed by atoms with van der Waals surface area (Å²) in [5, 5.41) is 8.39. The molecular formula is C16H24N4O. The second-order valence-electron chi connectivity index (χ2n) is 7.27. The average Bonchev–Trinajstić information content (AvgIpc) is 3.15. The van der Waals surface area contributed by atoms with Crippen LogP contribution in [0.15, 0.2) is 6.33 Å². The lowest BCUT2D eigenvalue weighted by atomic mass is 9.62. The maximum absolute atomic E-state index is 12.8. The Morgan fingerprint density at radius 2 is 2.05 bits per heavy atom. The molecule has 1 aromatic rings. The van der Waals surface area contributed by atoms with E-state index < -0.39 is 0 Å². The van der Waals surface area contributed by atoms with Crippen molar-refractivity contribution in [3.8, 4) is 0 Å². The first-order valence-electron chi connectivity index (χ1n) is 8.32. The van der Waals surface area contributed by atoms with Gasteiger partial charge in [-0.3, -0.25) is 4.79 Å². The molecular weight excluding hydrogens is 264 g/mol. The van der Waals surface area contributed by atoms with Crippen LogP contribution in [0.4, 0.5) is 0 Å². The molecule has 5 heteroatoms. The van der Waals surface area contributed by atoms with Gasteiger partial charge in [0.15, 0.2) is 0 Å². The highest BCUT2D eigenvalue weighted by Crippen LogP contribution is 2.55. The van der Waals surface area contributed by atoms with Crippen molar-refractivity contribution < 1.29 is 4.79 Å². The molecule has 1 unspecified atom stereocenters. The molecule has 2 heterocycles. The Bertz CT molecular complexity index is 542. The molecule has 2 saturated carbocycles. The van der Waals surface area contributed by atoms with Gasteiger partial charge in [-0.05, 0) is 31.1 Å². The van der Waals surface area contributed by atoms with Gasteiger partial charge in [0.25, 0.3) is 0 Å². The van der Waals surface area contributed by atoms with E-state index in [0.717, 1.165) is 31.8 Å². The van der Waals surface area contributed by atoms with Crippen LogP contribution in [0.1, 0.15) is 56.7 Å². The number of likely N-dealkylation sites (tertiary alicyclic amines) is 1. The fourth-order valence-corrected chi connectivity index (χ4v) is 4.67. The van der Waals surface area contributed by atoms with Crippen LogP contribution in [0.25, 0.3) is 0 Å². The second-order valence-corrected chi connectivity index (χ2v) is 7.27. The molecule has 1 amide bonds. The van der Waals surface area contributed by atoms with Gasteiger partial charge in [-0.2, -0.15) is 0 Å². The summed E-state index contributed by atoms with van der Waals surface area (Å²) in [6.45, 7) is 1.79. The molecule has 0 radical (unpaired) electrons. The number of hydrogen-bond donors (Lipinski definition) is 0. The summed E-state index contributed by atoms with van der Waals surface area (Å²) in [5.41, 5.74) is 0.287. The number of nitrogens with zero attached hydrogens (tertiary/aromatic N) is 4. The number of hydrogen-bond acceptors (Lipinski definition) is 3. The summed E-state index contributed by atoms with van der Waals surface area (Å²) < 4.78 is 2.04. The third kappa shape index (κ3) is 2.00. The molecule has 1 saturated heterocycles. The van der Waals surface area contributed by atoms with Gasteiger partial charge in [0, 0.05) is 32.0 Å². The maximum Gasteiger partial charge on any atom is 0.225 e. The van der Waals surface area contributed by atoms with Crippen LogP contribution in [0.2, 0.25) is 0 Å². The molecule has 3 aliphatic rings. The van der Waals surface area contributed by atoms with Crippen molar-refractivity contribution in [2.24, 2.45) is 18.4 Å². The number of amides is 1. The number of carbonyl (C=O) groups is 1. The van der Waals surface area contributed by atoms with Gasteiger partial charge < -0.3 is 9.47 Å². The van der Waals surface area contributed by atoms with Crippen LogP contribution in [0.5, 0.6) is 0 Å². The number of aromatic nitrogens is 3. The summed E-state index contributed by atoms with van der Waals surface area (Å²) in [5.74, 6) is 2.14. The lowest BCUT2D eigenvalue weighted by molar-refractivity contribution is -0.135. The molecule has 3 fully saturated rings. The van der Waals surface area contributed by atoms with Crippen LogP contribution in [-0.2, 0) is 11.8 Å². The van der Waals surface area contributed by atoms with E-state index in [4.69, 9.17) is 0 Å². The van der Waals surface area contributed by atoms with Crippen LogP contribution >= 0.6 is 0 Å². The van der Waals surface area contributed by atoms with Gasteiger partial charge in [0.05, 0.1) is 0 Å². The maximum atomic E-state index is 12.8. The van der Waals surface area contributed by atoms with Gasteiger partial charge in [-0.1, -0.05) is 19.3 Å². The molecule has 4 rings (SSSR count). The van der Waals surface area contributed by atoms with Crippen molar-refractivity contribution in [3.63, 3.8) is 0 Å². The Morgan fingerprint density at radius 3 is 2.62 bits per heavy atom. The van der Waals surface area contributed by atoms with Crippen LogP contribution in [-0.4, -0.2) is 38.7 Å². The van der Waals surface area contributed by atoms with Crippen molar-refractivity contribution in [3.05, 3.63) is 12.2 Å². The van der Waals surface area contributed by atoms with E-state index in [1.165, 1.54) is 32.1 Å². The van der Waals surface area contributed by atoms with Crippen LogP contribution < -0.4 is 0 Å². The molecule has 1 aliphatic heterocycles. The molecule has 0 aromatic carbocycles. The van der Waals surface area contributed by atoms with Gasteiger partial charge >= 0.3 is 0 Å².